The second-order valence-corrected chi connectivity index (χ2v) is 5.71. The van der Waals surface area contributed by atoms with Gasteiger partial charge in [0.25, 0.3) is 0 Å². The molecule has 0 bridgehead atoms. The molecule has 0 saturated carbocycles. The van der Waals surface area contributed by atoms with Gasteiger partial charge in [0.1, 0.15) is 0 Å². The Hall–Kier alpha value is -1.71. The summed E-state index contributed by atoms with van der Waals surface area (Å²) in [5, 5.41) is 6.66. The molecule has 0 saturated heterocycles. The van der Waals surface area contributed by atoms with Crippen molar-refractivity contribution in [2.24, 2.45) is 4.99 Å². The minimum absolute atomic E-state index is 0.387. The molecule has 4 heteroatoms. The highest BCUT2D eigenvalue weighted by atomic mass is 15.2. The molecule has 0 radical (unpaired) electrons. The van der Waals surface area contributed by atoms with Crippen LogP contribution >= 0.6 is 0 Å². The maximum absolute atomic E-state index is 4.23. The van der Waals surface area contributed by atoms with E-state index in [0.29, 0.717) is 6.04 Å². The van der Waals surface area contributed by atoms with Gasteiger partial charge in [-0.25, -0.2) is 0 Å². The Kier molecular flexibility index (Phi) is 4.88. The van der Waals surface area contributed by atoms with Crippen molar-refractivity contribution in [2.45, 2.75) is 39.3 Å². The molecule has 0 aliphatic carbocycles. The van der Waals surface area contributed by atoms with E-state index in [1.807, 2.05) is 0 Å². The third-order valence-corrected chi connectivity index (χ3v) is 3.60. The normalized spacial score (nSPS) is 15.2. The Balaban J connectivity index is 2.00. The summed E-state index contributed by atoms with van der Waals surface area (Å²) in [6.07, 6.45) is 2.43. The van der Waals surface area contributed by atoms with Crippen LogP contribution in [-0.4, -0.2) is 32.6 Å². The van der Waals surface area contributed by atoms with E-state index in [9.17, 15) is 0 Å². The number of benzene rings is 1. The second kappa shape index (κ2) is 6.64. The van der Waals surface area contributed by atoms with E-state index in [1.54, 1.807) is 7.05 Å². The predicted molar refractivity (Wildman–Crippen MR) is 86.5 cm³/mol. The Morgan fingerprint density at radius 2 is 2.20 bits per heavy atom. The Bertz CT molecular complexity index is 479. The van der Waals surface area contributed by atoms with Gasteiger partial charge in [-0.3, -0.25) is 4.99 Å². The fraction of sp³-hybridized carbons (Fsp3) is 0.562. The number of hydrogen-bond acceptors (Lipinski definition) is 2. The highest BCUT2D eigenvalue weighted by molar-refractivity contribution is 5.79. The van der Waals surface area contributed by atoms with Crippen LogP contribution in [0.1, 0.15) is 31.4 Å². The van der Waals surface area contributed by atoms with Crippen LogP contribution in [-0.2, 0) is 13.0 Å². The lowest BCUT2D eigenvalue weighted by molar-refractivity contribution is 0.698. The quantitative estimate of drug-likeness (QED) is 0.655. The molecule has 0 aromatic heterocycles. The highest BCUT2D eigenvalue weighted by Crippen LogP contribution is 2.26. The second-order valence-electron chi connectivity index (χ2n) is 5.71. The number of aryl methyl sites for hydroxylation is 1. The van der Waals surface area contributed by atoms with Crippen molar-refractivity contribution in [1.82, 2.24) is 10.6 Å². The first-order valence-electron chi connectivity index (χ1n) is 7.40. The van der Waals surface area contributed by atoms with E-state index in [1.165, 1.54) is 29.7 Å². The molecule has 2 N–H and O–H groups in total. The van der Waals surface area contributed by atoms with Gasteiger partial charge in [0.2, 0.25) is 0 Å². The maximum Gasteiger partial charge on any atom is 0.191 e. The lowest BCUT2D eigenvalue weighted by Gasteiger charge is -2.28. The average molecular weight is 274 g/mol. The monoisotopic (exact) mass is 274 g/mol. The standard InChI is InChI=1S/C16H26N4/c1-12(2)19-16(17-3)18-11-13-7-8-15-14(10-13)6-5-9-20(15)4/h7-8,10,12H,5-6,9,11H2,1-4H3,(H2,17,18,19). The van der Waals surface area contributed by atoms with Crippen molar-refractivity contribution >= 4 is 11.6 Å². The van der Waals surface area contributed by atoms with Crippen molar-refractivity contribution in [3.63, 3.8) is 0 Å². The number of nitrogens with one attached hydrogen (secondary N) is 2. The number of fused-ring (bicyclic) bond motifs is 1. The fourth-order valence-corrected chi connectivity index (χ4v) is 2.60. The van der Waals surface area contributed by atoms with E-state index in [0.717, 1.165) is 19.0 Å². The summed E-state index contributed by atoms with van der Waals surface area (Å²) in [6.45, 7) is 6.20. The molecule has 110 valence electrons. The number of anilines is 1. The summed E-state index contributed by atoms with van der Waals surface area (Å²) in [5.41, 5.74) is 4.15. The van der Waals surface area contributed by atoms with Crippen LogP contribution in [0.15, 0.2) is 23.2 Å². The van der Waals surface area contributed by atoms with Crippen molar-refractivity contribution in [2.75, 3.05) is 25.5 Å². The zero-order valence-electron chi connectivity index (χ0n) is 13.0. The van der Waals surface area contributed by atoms with Crippen LogP contribution in [0, 0.1) is 0 Å². The van der Waals surface area contributed by atoms with E-state index < -0.39 is 0 Å². The first-order valence-corrected chi connectivity index (χ1v) is 7.40. The first-order chi connectivity index (χ1) is 9.60. The van der Waals surface area contributed by atoms with Crippen molar-refractivity contribution in [3.05, 3.63) is 29.3 Å². The molecule has 0 spiro atoms. The van der Waals surface area contributed by atoms with E-state index in [-0.39, 0.29) is 0 Å². The fourth-order valence-electron chi connectivity index (χ4n) is 2.60. The third kappa shape index (κ3) is 3.65. The van der Waals surface area contributed by atoms with Crippen LogP contribution in [0.5, 0.6) is 0 Å². The largest absolute Gasteiger partial charge is 0.374 e. The molecular weight excluding hydrogens is 248 g/mol. The molecule has 4 nitrogen and oxygen atoms in total. The van der Waals surface area contributed by atoms with Gasteiger partial charge in [0, 0.05) is 38.9 Å². The van der Waals surface area contributed by atoms with Crippen LogP contribution in [0.3, 0.4) is 0 Å². The number of rotatable bonds is 3. The van der Waals surface area contributed by atoms with Crippen LogP contribution in [0.4, 0.5) is 5.69 Å². The minimum Gasteiger partial charge on any atom is -0.374 e. The zero-order valence-corrected chi connectivity index (χ0v) is 13.0. The molecule has 1 aliphatic rings. The van der Waals surface area contributed by atoms with Gasteiger partial charge in [-0.1, -0.05) is 12.1 Å². The number of hydrogen-bond donors (Lipinski definition) is 2. The third-order valence-electron chi connectivity index (χ3n) is 3.60. The number of guanidine groups is 1. The number of aliphatic imine (C=N–C) groups is 1. The molecule has 0 atom stereocenters. The molecule has 0 unspecified atom stereocenters. The van der Waals surface area contributed by atoms with E-state index in [4.69, 9.17) is 0 Å². The predicted octanol–water partition coefficient (Wildman–Crippen LogP) is 2.14. The van der Waals surface area contributed by atoms with Crippen molar-refractivity contribution < 1.29 is 0 Å². The molecule has 2 rings (SSSR count). The Labute approximate surface area is 122 Å². The summed E-state index contributed by atoms with van der Waals surface area (Å²) < 4.78 is 0. The number of nitrogens with zero attached hydrogens (tertiary/aromatic N) is 2. The molecule has 1 aromatic carbocycles. The topological polar surface area (TPSA) is 39.7 Å². The molecule has 1 aromatic rings. The average Bonchev–Trinajstić information content (AvgIpc) is 2.43. The smallest absolute Gasteiger partial charge is 0.191 e. The molecule has 0 amide bonds. The van der Waals surface area contributed by atoms with Gasteiger partial charge in [-0.2, -0.15) is 0 Å². The molecule has 1 heterocycles. The van der Waals surface area contributed by atoms with Gasteiger partial charge >= 0.3 is 0 Å². The van der Waals surface area contributed by atoms with Gasteiger partial charge in [0.15, 0.2) is 5.96 Å². The summed E-state index contributed by atoms with van der Waals surface area (Å²) in [5.74, 6) is 0.856. The van der Waals surface area contributed by atoms with Gasteiger partial charge in [-0.15, -0.1) is 0 Å². The van der Waals surface area contributed by atoms with Crippen LogP contribution < -0.4 is 15.5 Å². The maximum atomic E-state index is 4.23. The Morgan fingerprint density at radius 1 is 1.40 bits per heavy atom. The summed E-state index contributed by atoms with van der Waals surface area (Å²) >= 11 is 0. The zero-order chi connectivity index (χ0) is 14.5. The van der Waals surface area contributed by atoms with E-state index >= 15 is 0 Å². The molecule has 20 heavy (non-hydrogen) atoms. The SMILES string of the molecule is CN=C(NCc1ccc2c(c1)CCCN2C)NC(C)C. The lowest BCUT2D eigenvalue weighted by atomic mass is 9.99. The van der Waals surface area contributed by atoms with Crippen LogP contribution in [0.25, 0.3) is 0 Å². The van der Waals surface area contributed by atoms with Gasteiger partial charge in [-0.05, 0) is 43.9 Å². The minimum atomic E-state index is 0.387. The first kappa shape index (κ1) is 14.7. The lowest BCUT2D eigenvalue weighted by Crippen LogP contribution is -2.40. The van der Waals surface area contributed by atoms with Gasteiger partial charge in [0.05, 0.1) is 0 Å². The van der Waals surface area contributed by atoms with Gasteiger partial charge < -0.3 is 15.5 Å². The highest BCUT2D eigenvalue weighted by Gasteiger charge is 2.13. The molecular formula is C16H26N4. The van der Waals surface area contributed by atoms with Crippen molar-refractivity contribution in [3.8, 4) is 0 Å². The summed E-state index contributed by atoms with van der Waals surface area (Å²) in [7, 11) is 3.98. The Morgan fingerprint density at radius 3 is 2.90 bits per heavy atom. The summed E-state index contributed by atoms with van der Waals surface area (Å²) in [6, 6.07) is 7.15. The van der Waals surface area contributed by atoms with Crippen molar-refractivity contribution in [1.29, 1.82) is 0 Å². The summed E-state index contributed by atoms with van der Waals surface area (Å²) in [4.78, 5) is 6.57. The molecule has 0 fully saturated rings. The molecule has 1 aliphatic heterocycles. The van der Waals surface area contributed by atoms with Crippen LogP contribution in [0.2, 0.25) is 0 Å². The van der Waals surface area contributed by atoms with E-state index in [2.05, 4.69) is 59.6 Å².